The van der Waals surface area contributed by atoms with Gasteiger partial charge in [-0.05, 0) is 64.3 Å². The average Bonchev–Trinajstić information content (AvgIpc) is 3.37. The van der Waals surface area contributed by atoms with Crippen LogP contribution in [0.5, 0.6) is 0 Å². The van der Waals surface area contributed by atoms with Crippen molar-refractivity contribution < 1.29 is 4.39 Å². The highest BCUT2D eigenvalue weighted by Crippen LogP contribution is 2.39. The summed E-state index contributed by atoms with van der Waals surface area (Å²) in [4.78, 5) is 17.2. The second-order valence-corrected chi connectivity index (χ2v) is 8.46. The van der Waals surface area contributed by atoms with E-state index in [2.05, 4.69) is 21.4 Å². The largest absolute Gasteiger partial charge is 0.367 e. The van der Waals surface area contributed by atoms with E-state index in [9.17, 15) is 4.79 Å². The van der Waals surface area contributed by atoms with E-state index >= 15 is 4.39 Å². The molecule has 1 aliphatic carbocycles. The number of pyridine rings is 1. The number of anilines is 1. The Morgan fingerprint density at radius 1 is 1.15 bits per heavy atom. The Morgan fingerprint density at radius 2 is 1.96 bits per heavy atom. The fraction of sp³-hybridized carbons (Fsp3) is 0.571. The van der Waals surface area contributed by atoms with Gasteiger partial charge in [0.2, 0.25) is 0 Å². The summed E-state index contributed by atoms with van der Waals surface area (Å²) in [5.41, 5.74) is 2.21. The molecule has 3 fully saturated rings. The molecule has 4 nitrogen and oxygen atoms in total. The smallest absolute Gasteiger partial charge is 0.192 e. The van der Waals surface area contributed by atoms with Crippen molar-refractivity contribution in [3.8, 4) is 0 Å². The number of likely N-dealkylation sites (N-methyl/N-ethyl adjacent to an activating group) is 1. The van der Waals surface area contributed by atoms with Crippen molar-refractivity contribution in [2.24, 2.45) is 5.92 Å². The van der Waals surface area contributed by atoms with E-state index in [0.717, 1.165) is 38.0 Å². The number of likely N-dealkylation sites (tertiary alicyclic amines) is 1. The minimum absolute atomic E-state index is 0.0443. The van der Waals surface area contributed by atoms with Crippen LogP contribution in [0.2, 0.25) is 0 Å². The molecule has 1 saturated carbocycles. The highest BCUT2D eigenvalue weighted by molar-refractivity contribution is 5.84. The molecule has 0 N–H and O–H groups in total. The summed E-state index contributed by atoms with van der Waals surface area (Å²) in [5.74, 6) is 0.358. The Kier molecular flexibility index (Phi) is 3.64. The summed E-state index contributed by atoms with van der Waals surface area (Å²) in [5, 5.41) is 0.520. The molecule has 0 bridgehead atoms. The van der Waals surface area contributed by atoms with Gasteiger partial charge >= 0.3 is 0 Å². The molecule has 1 aromatic heterocycles. The number of halogens is 1. The molecule has 0 spiro atoms. The molecule has 26 heavy (non-hydrogen) atoms. The SMILES string of the molecule is Cc1cn(C2CC2)c2cc(N3CC4CCCN(C)C4C3)c(F)cc2c1=O. The Morgan fingerprint density at radius 3 is 2.69 bits per heavy atom. The van der Waals surface area contributed by atoms with Crippen LogP contribution in [-0.4, -0.2) is 42.2 Å². The zero-order valence-electron chi connectivity index (χ0n) is 15.5. The fourth-order valence-corrected chi connectivity index (χ4v) is 5.00. The van der Waals surface area contributed by atoms with Gasteiger partial charge in [0.05, 0.1) is 11.2 Å². The Bertz CT molecular complexity index is 933. The second kappa shape index (κ2) is 5.81. The van der Waals surface area contributed by atoms with Gasteiger partial charge in [0.25, 0.3) is 0 Å². The van der Waals surface area contributed by atoms with Gasteiger partial charge in [-0.15, -0.1) is 0 Å². The monoisotopic (exact) mass is 355 g/mol. The lowest BCUT2D eigenvalue weighted by Gasteiger charge is -2.33. The van der Waals surface area contributed by atoms with Crippen molar-refractivity contribution in [3.05, 3.63) is 39.9 Å². The molecule has 2 atom stereocenters. The molecule has 0 amide bonds. The third kappa shape index (κ3) is 2.48. The third-order valence-electron chi connectivity index (χ3n) is 6.62. The maximum Gasteiger partial charge on any atom is 0.192 e. The van der Waals surface area contributed by atoms with Crippen LogP contribution >= 0.6 is 0 Å². The summed E-state index contributed by atoms with van der Waals surface area (Å²) < 4.78 is 17.2. The molecule has 138 valence electrons. The van der Waals surface area contributed by atoms with Gasteiger partial charge in [-0.1, -0.05) is 0 Å². The highest BCUT2D eigenvalue weighted by Gasteiger charge is 2.38. The Hall–Kier alpha value is -1.88. The van der Waals surface area contributed by atoms with Crippen LogP contribution in [0, 0.1) is 18.7 Å². The first-order valence-corrected chi connectivity index (χ1v) is 9.83. The number of rotatable bonds is 2. The van der Waals surface area contributed by atoms with Crippen LogP contribution in [0.3, 0.4) is 0 Å². The topological polar surface area (TPSA) is 28.5 Å². The van der Waals surface area contributed by atoms with Crippen molar-refractivity contribution >= 4 is 16.6 Å². The first-order chi connectivity index (χ1) is 12.5. The molecule has 2 aliphatic heterocycles. The van der Waals surface area contributed by atoms with E-state index in [1.165, 1.54) is 18.9 Å². The van der Waals surface area contributed by atoms with E-state index in [1.54, 1.807) is 0 Å². The number of aromatic nitrogens is 1. The second-order valence-electron chi connectivity index (χ2n) is 8.46. The molecule has 1 aromatic carbocycles. The first kappa shape index (κ1) is 16.3. The third-order valence-corrected chi connectivity index (χ3v) is 6.62. The summed E-state index contributed by atoms with van der Waals surface area (Å²) in [7, 11) is 2.19. The predicted molar refractivity (Wildman–Crippen MR) is 103 cm³/mol. The lowest BCUT2D eigenvalue weighted by molar-refractivity contribution is 0.158. The van der Waals surface area contributed by atoms with Gasteiger partial charge in [0.1, 0.15) is 5.82 Å². The quantitative estimate of drug-likeness (QED) is 0.827. The van der Waals surface area contributed by atoms with Gasteiger partial charge in [-0.25, -0.2) is 4.39 Å². The molecule has 3 aliphatic rings. The minimum Gasteiger partial charge on any atom is -0.367 e. The van der Waals surface area contributed by atoms with Crippen molar-refractivity contribution in [1.82, 2.24) is 9.47 Å². The molecule has 2 unspecified atom stereocenters. The maximum absolute atomic E-state index is 15.0. The molecule has 5 heteroatoms. The Labute approximate surface area is 153 Å². The summed E-state index contributed by atoms with van der Waals surface area (Å²) >= 11 is 0. The highest BCUT2D eigenvalue weighted by atomic mass is 19.1. The molecule has 2 aromatic rings. The van der Waals surface area contributed by atoms with Gasteiger partial charge in [-0.3, -0.25) is 4.79 Å². The van der Waals surface area contributed by atoms with Crippen LogP contribution < -0.4 is 10.3 Å². The number of benzene rings is 1. The number of nitrogens with zero attached hydrogens (tertiary/aromatic N) is 3. The van der Waals surface area contributed by atoms with Gasteiger partial charge in [-0.2, -0.15) is 0 Å². The molecule has 3 heterocycles. The first-order valence-electron chi connectivity index (χ1n) is 9.83. The number of fused-ring (bicyclic) bond motifs is 2. The fourth-order valence-electron chi connectivity index (χ4n) is 5.00. The van der Waals surface area contributed by atoms with Crippen molar-refractivity contribution in [1.29, 1.82) is 0 Å². The van der Waals surface area contributed by atoms with Crippen molar-refractivity contribution in [3.63, 3.8) is 0 Å². The van der Waals surface area contributed by atoms with E-state index in [1.807, 2.05) is 19.2 Å². The normalized spacial score (nSPS) is 26.5. The molecular formula is C21H26FN3O. The zero-order chi connectivity index (χ0) is 18.0. The van der Waals surface area contributed by atoms with E-state index in [4.69, 9.17) is 0 Å². The van der Waals surface area contributed by atoms with Crippen LogP contribution in [0.1, 0.15) is 37.3 Å². The summed E-state index contributed by atoms with van der Waals surface area (Å²) in [6.45, 7) is 4.75. The zero-order valence-corrected chi connectivity index (χ0v) is 15.5. The molecular weight excluding hydrogens is 329 g/mol. The summed E-state index contributed by atoms with van der Waals surface area (Å²) in [6, 6.07) is 4.39. The molecule has 2 saturated heterocycles. The van der Waals surface area contributed by atoms with Gasteiger partial charge < -0.3 is 14.4 Å². The van der Waals surface area contributed by atoms with Gasteiger partial charge in [0, 0.05) is 42.3 Å². The summed E-state index contributed by atoms with van der Waals surface area (Å²) in [6.07, 6.45) is 6.70. The van der Waals surface area contributed by atoms with E-state index in [0.29, 0.717) is 34.6 Å². The minimum atomic E-state index is -0.260. The average molecular weight is 355 g/mol. The van der Waals surface area contributed by atoms with E-state index < -0.39 is 0 Å². The number of hydrogen-bond acceptors (Lipinski definition) is 3. The number of aryl methyl sites for hydroxylation is 1. The predicted octanol–water partition coefficient (Wildman–Crippen LogP) is 3.31. The standard InChI is InChI=1S/C21H26FN3O/c1-13-10-25(15-5-6-15)18-9-19(17(22)8-16(18)21(13)26)24-11-14-4-3-7-23(2)20(14)12-24/h8-10,14-15,20H,3-7,11-12H2,1-2H3. The number of hydrogen-bond donors (Lipinski definition) is 0. The Balaban J connectivity index is 1.61. The lowest BCUT2D eigenvalue weighted by Crippen LogP contribution is -2.42. The van der Waals surface area contributed by atoms with Crippen LogP contribution in [-0.2, 0) is 0 Å². The van der Waals surface area contributed by atoms with Gasteiger partial charge in [0.15, 0.2) is 5.43 Å². The van der Waals surface area contributed by atoms with Crippen LogP contribution in [0.25, 0.3) is 10.9 Å². The van der Waals surface area contributed by atoms with Crippen LogP contribution in [0.15, 0.2) is 23.1 Å². The van der Waals surface area contributed by atoms with Crippen molar-refractivity contribution in [2.45, 2.75) is 44.7 Å². The lowest BCUT2D eigenvalue weighted by atomic mass is 9.93. The van der Waals surface area contributed by atoms with Crippen molar-refractivity contribution in [2.75, 3.05) is 31.6 Å². The van der Waals surface area contributed by atoms with Crippen LogP contribution in [0.4, 0.5) is 10.1 Å². The molecule has 0 radical (unpaired) electrons. The van der Waals surface area contributed by atoms with E-state index in [-0.39, 0.29) is 11.2 Å². The number of piperidine rings is 1. The maximum atomic E-state index is 15.0. The molecule has 5 rings (SSSR count).